The van der Waals surface area contributed by atoms with Crippen LogP contribution < -0.4 is 4.74 Å². The van der Waals surface area contributed by atoms with Crippen LogP contribution >= 0.6 is 0 Å². The van der Waals surface area contributed by atoms with Crippen molar-refractivity contribution in [2.24, 2.45) is 0 Å². The molecule has 0 amide bonds. The molecule has 0 fully saturated rings. The fraction of sp³-hybridized carbons (Fsp3) is 0.350. The first-order valence-electron chi connectivity index (χ1n) is 8.17. The topological polar surface area (TPSA) is 66.8 Å². The summed E-state index contributed by atoms with van der Waals surface area (Å²) in [7, 11) is 0. The maximum atomic E-state index is 12.5. The molecular formula is C20H22O4. The highest BCUT2D eigenvalue weighted by molar-refractivity contribution is 5.99. The summed E-state index contributed by atoms with van der Waals surface area (Å²) >= 11 is 0. The molecule has 4 heteroatoms. The number of rotatable bonds is 5. The Morgan fingerprint density at radius 3 is 2.58 bits per heavy atom. The van der Waals surface area contributed by atoms with Gasteiger partial charge in [0, 0.05) is 18.4 Å². The summed E-state index contributed by atoms with van der Waals surface area (Å²) in [6, 6.07) is 13.1. The molecule has 0 spiro atoms. The predicted octanol–water partition coefficient (Wildman–Crippen LogP) is 3.28. The van der Waals surface area contributed by atoms with E-state index >= 15 is 0 Å². The molecule has 126 valence electrons. The minimum absolute atomic E-state index is 0.0164. The molecule has 1 aliphatic heterocycles. The van der Waals surface area contributed by atoms with E-state index in [2.05, 4.69) is 0 Å². The van der Waals surface area contributed by atoms with E-state index in [0.717, 1.165) is 5.56 Å². The molecule has 0 bridgehead atoms. The van der Waals surface area contributed by atoms with Crippen molar-refractivity contribution in [3.8, 4) is 11.5 Å². The number of ketones is 1. The van der Waals surface area contributed by atoms with Crippen LogP contribution in [0.25, 0.3) is 0 Å². The van der Waals surface area contributed by atoms with E-state index in [1.807, 2.05) is 30.3 Å². The highest BCUT2D eigenvalue weighted by Gasteiger charge is 2.37. The van der Waals surface area contributed by atoms with E-state index in [-0.39, 0.29) is 11.5 Å². The maximum Gasteiger partial charge on any atom is 0.166 e. The Morgan fingerprint density at radius 1 is 1.21 bits per heavy atom. The molecule has 1 atom stereocenters. The summed E-state index contributed by atoms with van der Waals surface area (Å²) in [6.07, 6.45) is 0.948. The summed E-state index contributed by atoms with van der Waals surface area (Å²) in [5.41, 5.74) is 1.01. The van der Waals surface area contributed by atoms with Gasteiger partial charge in [-0.1, -0.05) is 30.3 Å². The van der Waals surface area contributed by atoms with Gasteiger partial charge in [-0.15, -0.1) is 0 Å². The van der Waals surface area contributed by atoms with Crippen molar-refractivity contribution in [3.63, 3.8) is 0 Å². The molecule has 0 aromatic heterocycles. The second kappa shape index (κ2) is 6.29. The molecule has 0 saturated heterocycles. The highest BCUT2D eigenvalue weighted by atomic mass is 16.5. The number of carbonyl (C=O) groups is 1. The largest absolute Gasteiger partial charge is 0.507 e. The molecule has 0 unspecified atom stereocenters. The number of fused-ring (bicyclic) bond motifs is 1. The lowest BCUT2D eigenvalue weighted by Gasteiger charge is -2.24. The minimum atomic E-state index is -1.01. The number of aliphatic hydroxyl groups is 1. The lowest BCUT2D eigenvalue weighted by Crippen LogP contribution is -2.39. The number of ether oxygens (including phenoxy) is 1. The third kappa shape index (κ3) is 3.29. The van der Waals surface area contributed by atoms with Gasteiger partial charge in [-0.2, -0.15) is 0 Å². The predicted molar refractivity (Wildman–Crippen MR) is 91.6 cm³/mol. The molecule has 1 aliphatic rings. The quantitative estimate of drug-likeness (QED) is 0.828. The Labute approximate surface area is 141 Å². The summed E-state index contributed by atoms with van der Waals surface area (Å²) in [5, 5.41) is 20.6. The summed E-state index contributed by atoms with van der Waals surface area (Å²) in [4.78, 5) is 12.5. The van der Waals surface area contributed by atoms with E-state index in [9.17, 15) is 15.0 Å². The number of Topliss-reactive ketones (excluding diaryl/α,β-unsaturated/α-hetero) is 1. The lowest BCUT2D eigenvalue weighted by atomic mass is 9.94. The van der Waals surface area contributed by atoms with E-state index in [1.165, 1.54) is 0 Å². The van der Waals surface area contributed by atoms with E-state index in [1.54, 1.807) is 26.0 Å². The van der Waals surface area contributed by atoms with Crippen LogP contribution in [0.3, 0.4) is 0 Å². The van der Waals surface area contributed by atoms with Gasteiger partial charge in [-0.25, -0.2) is 0 Å². The van der Waals surface area contributed by atoms with Crippen LogP contribution in [-0.2, 0) is 12.8 Å². The van der Waals surface area contributed by atoms with E-state index in [0.29, 0.717) is 36.1 Å². The van der Waals surface area contributed by atoms with Crippen molar-refractivity contribution in [2.45, 2.75) is 44.8 Å². The average Bonchev–Trinajstić information content (AvgIpc) is 2.99. The van der Waals surface area contributed by atoms with Gasteiger partial charge in [0.25, 0.3) is 0 Å². The van der Waals surface area contributed by atoms with Crippen LogP contribution in [0.15, 0.2) is 42.5 Å². The average molecular weight is 326 g/mol. The fourth-order valence-corrected chi connectivity index (χ4v) is 2.96. The zero-order valence-electron chi connectivity index (χ0n) is 14.0. The standard InChI is InChI=1S/C20H22O4/c1-20(2,23)18-12-15-17(24-18)11-9-14(19(15)22)16(21)10-8-13-6-4-3-5-7-13/h3-7,9,11,18,22-23H,8,10,12H2,1-2H3/t18-/m0/s1. The number of aryl methyl sites for hydroxylation is 1. The fourth-order valence-electron chi connectivity index (χ4n) is 2.96. The smallest absolute Gasteiger partial charge is 0.166 e. The normalized spacial score (nSPS) is 16.5. The molecular weight excluding hydrogens is 304 g/mol. The summed E-state index contributed by atoms with van der Waals surface area (Å²) in [6.45, 7) is 3.35. The number of hydrogen-bond donors (Lipinski definition) is 2. The molecule has 2 N–H and O–H groups in total. The highest BCUT2D eigenvalue weighted by Crippen LogP contribution is 2.40. The van der Waals surface area contributed by atoms with Gasteiger partial charge in [0.1, 0.15) is 17.6 Å². The molecule has 2 aromatic carbocycles. The molecule has 3 rings (SSSR count). The van der Waals surface area contributed by atoms with Crippen molar-refractivity contribution in [3.05, 3.63) is 59.2 Å². The number of carbonyl (C=O) groups excluding carboxylic acids is 1. The number of phenols is 1. The Balaban J connectivity index is 1.75. The van der Waals surface area contributed by atoms with Crippen LogP contribution in [0.1, 0.15) is 41.8 Å². The SMILES string of the molecule is CC(C)(O)[C@@H]1Cc2c(ccc(C(=O)CCc3ccccc3)c2O)O1. The first-order chi connectivity index (χ1) is 11.4. The van der Waals surface area contributed by atoms with Crippen LogP contribution in [0.4, 0.5) is 0 Å². The van der Waals surface area contributed by atoms with Crippen molar-refractivity contribution in [1.82, 2.24) is 0 Å². The molecule has 1 heterocycles. The van der Waals surface area contributed by atoms with Gasteiger partial charge in [0.05, 0.1) is 11.2 Å². The molecule has 0 radical (unpaired) electrons. The minimum Gasteiger partial charge on any atom is -0.507 e. The second-order valence-corrected chi connectivity index (χ2v) is 6.81. The Bertz CT molecular complexity index is 744. The van der Waals surface area contributed by atoms with Gasteiger partial charge in [0.2, 0.25) is 0 Å². The van der Waals surface area contributed by atoms with Gasteiger partial charge >= 0.3 is 0 Å². The van der Waals surface area contributed by atoms with Gasteiger partial charge < -0.3 is 14.9 Å². The molecule has 0 saturated carbocycles. The van der Waals surface area contributed by atoms with Crippen molar-refractivity contribution < 1.29 is 19.7 Å². The summed E-state index contributed by atoms with van der Waals surface area (Å²) in [5.74, 6) is 0.433. The van der Waals surface area contributed by atoms with Crippen LogP contribution in [0, 0.1) is 0 Å². The third-order valence-electron chi connectivity index (χ3n) is 4.47. The van der Waals surface area contributed by atoms with E-state index in [4.69, 9.17) is 4.74 Å². The van der Waals surface area contributed by atoms with Crippen molar-refractivity contribution >= 4 is 5.78 Å². The molecule has 0 aliphatic carbocycles. The lowest BCUT2D eigenvalue weighted by molar-refractivity contribution is -0.0229. The van der Waals surface area contributed by atoms with E-state index < -0.39 is 11.7 Å². The van der Waals surface area contributed by atoms with Gasteiger partial charge in [-0.05, 0) is 38.0 Å². The zero-order valence-corrected chi connectivity index (χ0v) is 14.0. The zero-order chi connectivity index (χ0) is 17.3. The number of phenolic OH excluding ortho intramolecular Hbond substituents is 1. The molecule has 24 heavy (non-hydrogen) atoms. The Kier molecular flexibility index (Phi) is 4.33. The van der Waals surface area contributed by atoms with Crippen LogP contribution in [0.2, 0.25) is 0 Å². The number of hydrogen-bond acceptors (Lipinski definition) is 4. The van der Waals surface area contributed by atoms with Crippen molar-refractivity contribution in [2.75, 3.05) is 0 Å². The van der Waals surface area contributed by atoms with Crippen LogP contribution in [0.5, 0.6) is 11.5 Å². The van der Waals surface area contributed by atoms with Gasteiger partial charge in [-0.3, -0.25) is 4.79 Å². The Hall–Kier alpha value is -2.33. The van der Waals surface area contributed by atoms with Crippen LogP contribution in [-0.4, -0.2) is 27.7 Å². The maximum absolute atomic E-state index is 12.5. The number of benzene rings is 2. The summed E-state index contributed by atoms with van der Waals surface area (Å²) < 4.78 is 5.69. The third-order valence-corrected chi connectivity index (χ3v) is 4.47. The Morgan fingerprint density at radius 2 is 1.92 bits per heavy atom. The first-order valence-corrected chi connectivity index (χ1v) is 8.17. The first kappa shape index (κ1) is 16.5. The molecule has 2 aromatic rings. The monoisotopic (exact) mass is 326 g/mol. The number of aromatic hydroxyl groups is 1. The second-order valence-electron chi connectivity index (χ2n) is 6.81. The van der Waals surface area contributed by atoms with Gasteiger partial charge in [0.15, 0.2) is 5.78 Å². The van der Waals surface area contributed by atoms with Crippen molar-refractivity contribution in [1.29, 1.82) is 0 Å². The molecule has 4 nitrogen and oxygen atoms in total.